The van der Waals surface area contributed by atoms with Gasteiger partial charge in [-0.25, -0.2) is 4.98 Å². The van der Waals surface area contributed by atoms with Gasteiger partial charge in [0.05, 0.1) is 13.0 Å². The minimum absolute atomic E-state index is 0.0500. The van der Waals surface area contributed by atoms with Crippen LogP contribution < -0.4 is 5.32 Å². The highest BCUT2D eigenvalue weighted by Gasteiger charge is 2.13. The standard InChI is InChI=1S/C10H16N4O3/c1-2-8(5-10(16)17)13-9(15)3-4-14-7-11-6-12-14/h6-8H,2-5H2,1H3,(H,13,15)(H,16,17). The normalized spacial score (nSPS) is 12.1. The smallest absolute Gasteiger partial charge is 0.305 e. The first kappa shape index (κ1) is 13.1. The molecule has 7 heteroatoms. The summed E-state index contributed by atoms with van der Waals surface area (Å²) in [6.45, 7) is 2.28. The van der Waals surface area contributed by atoms with E-state index in [1.54, 1.807) is 4.68 Å². The zero-order chi connectivity index (χ0) is 12.7. The van der Waals surface area contributed by atoms with E-state index in [0.717, 1.165) is 0 Å². The van der Waals surface area contributed by atoms with E-state index in [1.165, 1.54) is 12.7 Å². The summed E-state index contributed by atoms with van der Waals surface area (Å²) >= 11 is 0. The lowest BCUT2D eigenvalue weighted by Crippen LogP contribution is -2.36. The molecule has 0 saturated heterocycles. The van der Waals surface area contributed by atoms with Crippen molar-refractivity contribution in [3.05, 3.63) is 12.7 Å². The number of carbonyl (C=O) groups is 2. The Morgan fingerprint density at radius 3 is 2.82 bits per heavy atom. The summed E-state index contributed by atoms with van der Waals surface area (Å²) in [6.07, 6.45) is 3.74. The second-order valence-electron chi connectivity index (χ2n) is 3.68. The van der Waals surface area contributed by atoms with Gasteiger partial charge in [-0.05, 0) is 6.42 Å². The molecule has 0 spiro atoms. The third kappa shape index (κ3) is 5.10. The fourth-order valence-electron chi connectivity index (χ4n) is 1.37. The third-order valence-corrected chi connectivity index (χ3v) is 2.31. The molecule has 0 bridgehead atoms. The van der Waals surface area contributed by atoms with E-state index >= 15 is 0 Å². The summed E-state index contributed by atoms with van der Waals surface area (Å²) in [5, 5.41) is 15.2. The van der Waals surface area contributed by atoms with Gasteiger partial charge in [0.1, 0.15) is 12.7 Å². The molecule has 1 rings (SSSR count). The molecule has 0 aliphatic carbocycles. The molecule has 0 aliphatic rings. The average Bonchev–Trinajstić information content (AvgIpc) is 2.77. The van der Waals surface area contributed by atoms with Crippen LogP contribution in [0.3, 0.4) is 0 Å². The predicted molar refractivity (Wildman–Crippen MR) is 59.1 cm³/mol. The van der Waals surface area contributed by atoms with E-state index in [2.05, 4.69) is 15.4 Å². The van der Waals surface area contributed by atoms with Gasteiger partial charge in [0.15, 0.2) is 0 Å². The van der Waals surface area contributed by atoms with E-state index < -0.39 is 5.97 Å². The number of carbonyl (C=O) groups excluding carboxylic acids is 1. The monoisotopic (exact) mass is 240 g/mol. The van der Waals surface area contributed by atoms with Gasteiger partial charge in [0, 0.05) is 12.5 Å². The van der Waals surface area contributed by atoms with Crippen molar-refractivity contribution in [2.24, 2.45) is 0 Å². The number of rotatable bonds is 7. The maximum Gasteiger partial charge on any atom is 0.305 e. The second kappa shape index (κ2) is 6.62. The minimum Gasteiger partial charge on any atom is -0.481 e. The van der Waals surface area contributed by atoms with Gasteiger partial charge in [-0.2, -0.15) is 5.10 Å². The number of aromatic nitrogens is 3. The number of hydrogen-bond acceptors (Lipinski definition) is 4. The van der Waals surface area contributed by atoms with Crippen LogP contribution >= 0.6 is 0 Å². The Morgan fingerprint density at radius 2 is 2.29 bits per heavy atom. The number of carboxylic acids is 1. The number of carboxylic acid groups (broad SMARTS) is 1. The number of nitrogens with one attached hydrogen (secondary N) is 1. The largest absolute Gasteiger partial charge is 0.481 e. The SMILES string of the molecule is CCC(CC(=O)O)NC(=O)CCn1cncn1. The molecule has 17 heavy (non-hydrogen) atoms. The fourth-order valence-corrected chi connectivity index (χ4v) is 1.37. The van der Waals surface area contributed by atoms with Gasteiger partial charge in [-0.3, -0.25) is 14.3 Å². The van der Waals surface area contributed by atoms with Crippen molar-refractivity contribution in [1.29, 1.82) is 0 Å². The Balaban J connectivity index is 2.30. The molecule has 1 unspecified atom stereocenters. The summed E-state index contributed by atoms with van der Waals surface area (Å²) < 4.78 is 1.55. The predicted octanol–water partition coefficient (Wildman–Crippen LogP) is 0.0377. The van der Waals surface area contributed by atoms with Crippen LogP contribution in [0.25, 0.3) is 0 Å². The highest BCUT2D eigenvalue weighted by atomic mass is 16.4. The van der Waals surface area contributed by atoms with Crippen LogP contribution in [0, 0.1) is 0 Å². The Hall–Kier alpha value is -1.92. The Morgan fingerprint density at radius 1 is 1.53 bits per heavy atom. The second-order valence-corrected chi connectivity index (χ2v) is 3.68. The van der Waals surface area contributed by atoms with Gasteiger partial charge in [0.25, 0.3) is 0 Å². The van der Waals surface area contributed by atoms with Gasteiger partial charge in [-0.15, -0.1) is 0 Å². The van der Waals surface area contributed by atoms with E-state index in [9.17, 15) is 9.59 Å². The van der Waals surface area contributed by atoms with Crippen LogP contribution in [0.2, 0.25) is 0 Å². The Labute approximate surface area is 98.8 Å². The van der Waals surface area contributed by atoms with Crippen LogP contribution in [0.1, 0.15) is 26.2 Å². The van der Waals surface area contributed by atoms with Crippen molar-refractivity contribution in [2.75, 3.05) is 0 Å². The summed E-state index contributed by atoms with van der Waals surface area (Å²) in [6, 6.07) is -0.309. The quantitative estimate of drug-likeness (QED) is 0.701. The Kier molecular flexibility index (Phi) is 5.12. The topological polar surface area (TPSA) is 97.1 Å². The molecule has 2 N–H and O–H groups in total. The van der Waals surface area contributed by atoms with Crippen molar-refractivity contribution in [2.45, 2.75) is 38.8 Å². The van der Waals surface area contributed by atoms with Gasteiger partial charge < -0.3 is 10.4 Å². The first-order valence-corrected chi connectivity index (χ1v) is 5.45. The first-order valence-electron chi connectivity index (χ1n) is 5.45. The zero-order valence-corrected chi connectivity index (χ0v) is 9.67. The highest BCUT2D eigenvalue weighted by Crippen LogP contribution is 1.98. The third-order valence-electron chi connectivity index (χ3n) is 2.31. The van der Waals surface area contributed by atoms with Crippen LogP contribution in [0.15, 0.2) is 12.7 Å². The number of aliphatic carboxylic acids is 1. The van der Waals surface area contributed by atoms with E-state index in [1.807, 2.05) is 6.92 Å². The van der Waals surface area contributed by atoms with E-state index in [-0.39, 0.29) is 24.8 Å². The van der Waals surface area contributed by atoms with E-state index in [4.69, 9.17) is 5.11 Å². The summed E-state index contributed by atoms with van der Waals surface area (Å²) in [7, 11) is 0. The molecule has 1 heterocycles. The lowest BCUT2D eigenvalue weighted by atomic mass is 10.1. The molecule has 94 valence electrons. The maximum atomic E-state index is 11.5. The molecule has 1 amide bonds. The molecule has 1 aromatic rings. The van der Waals surface area contributed by atoms with Crippen LogP contribution in [-0.2, 0) is 16.1 Å². The molecule has 0 saturated carbocycles. The molecule has 0 radical (unpaired) electrons. The summed E-state index contributed by atoms with van der Waals surface area (Å²) in [5.74, 6) is -1.08. The fraction of sp³-hybridized carbons (Fsp3) is 0.600. The van der Waals surface area contributed by atoms with Gasteiger partial charge >= 0.3 is 5.97 Å². The summed E-state index contributed by atoms with van der Waals surface area (Å²) in [4.78, 5) is 25.8. The molecule has 1 atom stereocenters. The molecule has 0 aliphatic heterocycles. The molecule has 0 aromatic carbocycles. The van der Waals surface area contributed by atoms with E-state index in [0.29, 0.717) is 13.0 Å². The van der Waals surface area contributed by atoms with Crippen molar-refractivity contribution in [1.82, 2.24) is 20.1 Å². The number of nitrogens with zero attached hydrogens (tertiary/aromatic N) is 3. The van der Waals surface area contributed by atoms with Crippen molar-refractivity contribution < 1.29 is 14.7 Å². The zero-order valence-electron chi connectivity index (χ0n) is 9.67. The number of aryl methyl sites for hydroxylation is 1. The van der Waals surface area contributed by atoms with Crippen molar-refractivity contribution in [3.8, 4) is 0 Å². The minimum atomic E-state index is -0.909. The van der Waals surface area contributed by atoms with Crippen molar-refractivity contribution in [3.63, 3.8) is 0 Å². The van der Waals surface area contributed by atoms with Gasteiger partial charge in [0.2, 0.25) is 5.91 Å². The first-order chi connectivity index (χ1) is 8.11. The molecule has 7 nitrogen and oxygen atoms in total. The number of amides is 1. The average molecular weight is 240 g/mol. The summed E-state index contributed by atoms with van der Waals surface area (Å²) in [5.41, 5.74) is 0. The van der Waals surface area contributed by atoms with Crippen molar-refractivity contribution >= 4 is 11.9 Å². The van der Waals surface area contributed by atoms with Gasteiger partial charge in [-0.1, -0.05) is 6.92 Å². The molecule has 0 fully saturated rings. The van der Waals surface area contributed by atoms with Crippen LogP contribution in [0.5, 0.6) is 0 Å². The highest BCUT2D eigenvalue weighted by molar-refractivity contribution is 5.77. The van der Waals surface area contributed by atoms with Crippen LogP contribution in [0.4, 0.5) is 0 Å². The lowest BCUT2D eigenvalue weighted by Gasteiger charge is -2.14. The molecular weight excluding hydrogens is 224 g/mol. The van der Waals surface area contributed by atoms with Crippen LogP contribution in [-0.4, -0.2) is 37.8 Å². The molecule has 1 aromatic heterocycles. The maximum absolute atomic E-state index is 11.5. The number of hydrogen-bond donors (Lipinski definition) is 2. The Bertz CT molecular complexity index is 364. The lowest BCUT2D eigenvalue weighted by molar-refractivity contribution is -0.137. The molecular formula is C10H16N4O3.